The third kappa shape index (κ3) is 4.48. The molecule has 2 aromatic rings. The Kier molecular flexibility index (Phi) is 6.13. The molecule has 1 aliphatic rings. The number of carbonyl (C=O) groups excluding carboxylic acids is 1. The SMILES string of the molecule is COc1ccccc1C(=O)NCCc1ccc(S(=O)(=O)N2CCCC2)cc1. The van der Waals surface area contributed by atoms with Crippen LogP contribution < -0.4 is 10.1 Å². The van der Waals surface area contributed by atoms with Crippen molar-refractivity contribution in [1.82, 2.24) is 9.62 Å². The number of ether oxygens (including phenoxy) is 1. The van der Waals surface area contributed by atoms with Crippen molar-refractivity contribution >= 4 is 15.9 Å². The number of nitrogens with one attached hydrogen (secondary N) is 1. The van der Waals surface area contributed by atoms with E-state index in [-0.39, 0.29) is 5.91 Å². The maximum absolute atomic E-state index is 12.5. The van der Waals surface area contributed by atoms with Crippen LogP contribution >= 0.6 is 0 Å². The van der Waals surface area contributed by atoms with Gasteiger partial charge in [-0.25, -0.2) is 8.42 Å². The maximum Gasteiger partial charge on any atom is 0.255 e. The number of hydrogen-bond acceptors (Lipinski definition) is 4. The molecular formula is C20H24N2O4S. The number of nitrogens with zero attached hydrogens (tertiary/aromatic N) is 1. The summed E-state index contributed by atoms with van der Waals surface area (Å²) in [6.45, 7) is 1.65. The van der Waals surface area contributed by atoms with Gasteiger partial charge in [-0.05, 0) is 49.1 Å². The lowest BCUT2D eigenvalue weighted by atomic mass is 10.1. The molecule has 0 saturated carbocycles. The molecule has 144 valence electrons. The van der Waals surface area contributed by atoms with E-state index in [4.69, 9.17) is 4.74 Å². The molecule has 0 aliphatic carbocycles. The second-order valence-corrected chi connectivity index (χ2v) is 8.40. The maximum atomic E-state index is 12.5. The summed E-state index contributed by atoms with van der Waals surface area (Å²) in [6.07, 6.45) is 2.46. The van der Waals surface area contributed by atoms with E-state index in [0.29, 0.717) is 42.3 Å². The Labute approximate surface area is 160 Å². The summed E-state index contributed by atoms with van der Waals surface area (Å²) in [6, 6.07) is 14.0. The van der Waals surface area contributed by atoms with Crippen LogP contribution in [0.4, 0.5) is 0 Å². The lowest BCUT2D eigenvalue weighted by Crippen LogP contribution is -2.28. The van der Waals surface area contributed by atoms with Crippen LogP contribution in [0.15, 0.2) is 53.4 Å². The van der Waals surface area contributed by atoms with Crippen molar-refractivity contribution in [2.75, 3.05) is 26.7 Å². The first-order valence-electron chi connectivity index (χ1n) is 9.02. The largest absolute Gasteiger partial charge is 0.496 e. The van der Waals surface area contributed by atoms with Gasteiger partial charge >= 0.3 is 0 Å². The van der Waals surface area contributed by atoms with Crippen LogP contribution in [0.5, 0.6) is 5.75 Å². The second kappa shape index (κ2) is 8.54. The van der Waals surface area contributed by atoms with Gasteiger partial charge in [0.2, 0.25) is 10.0 Å². The van der Waals surface area contributed by atoms with E-state index in [1.807, 2.05) is 6.07 Å². The molecular weight excluding hydrogens is 364 g/mol. The smallest absolute Gasteiger partial charge is 0.255 e. The molecule has 1 saturated heterocycles. The van der Waals surface area contributed by atoms with E-state index in [2.05, 4.69) is 5.32 Å². The fourth-order valence-electron chi connectivity index (χ4n) is 3.15. The zero-order valence-electron chi connectivity index (χ0n) is 15.3. The van der Waals surface area contributed by atoms with Gasteiger partial charge < -0.3 is 10.1 Å². The highest BCUT2D eigenvalue weighted by atomic mass is 32.2. The molecule has 1 fully saturated rings. The van der Waals surface area contributed by atoms with Gasteiger partial charge in [0.1, 0.15) is 5.75 Å². The Morgan fingerprint density at radius 1 is 1.07 bits per heavy atom. The number of hydrogen-bond donors (Lipinski definition) is 1. The number of amides is 1. The van der Waals surface area contributed by atoms with Gasteiger partial charge in [-0.2, -0.15) is 4.31 Å². The molecule has 0 spiro atoms. The quantitative estimate of drug-likeness (QED) is 0.791. The molecule has 1 heterocycles. The van der Waals surface area contributed by atoms with E-state index in [9.17, 15) is 13.2 Å². The zero-order valence-corrected chi connectivity index (χ0v) is 16.2. The predicted molar refractivity (Wildman–Crippen MR) is 103 cm³/mol. The fourth-order valence-corrected chi connectivity index (χ4v) is 4.67. The highest BCUT2D eigenvalue weighted by molar-refractivity contribution is 7.89. The Balaban J connectivity index is 1.57. The minimum absolute atomic E-state index is 0.194. The van der Waals surface area contributed by atoms with E-state index in [1.54, 1.807) is 42.5 Å². The molecule has 3 rings (SSSR count). The zero-order chi connectivity index (χ0) is 19.3. The average Bonchev–Trinajstić information content (AvgIpc) is 3.24. The number of methoxy groups -OCH3 is 1. The summed E-state index contributed by atoms with van der Waals surface area (Å²) in [4.78, 5) is 12.6. The minimum Gasteiger partial charge on any atom is -0.496 e. The van der Waals surface area contributed by atoms with Crippen molar-refractivity contribution in [2.24, 2.45) is 0 Å². The number of para-hydroxylation sites is 1. The van der Waals surface area contributed by atoms with Crippen molar-refractivity contribution in [1.29, 1.82) is 0 Å². The summed E-state index contributed by atoms with van der Waals surface area (Å²) in [7, 11) is -1.85. The van der Waals surface area contributed by atoms with E-state index >= 15 is 0 Å². The van der Waals surface area contributed by atoms with Gasteiger partial charge in [0.15, 0.2) is 0 Å². The Hall–Kier alpha value is -2.38. The van der Waals surface area contributed by atoms with Crippen molar-refractivity contribution < 1.29 is 17.9 Å². The normalized spacial score (nSPS) is 14.9. The summed E-state index contributed by atoms with van der Waals surface area (Å²) in [5.74, 6) is 0.340. The number of carbonyl (C=O) groups is 1. The molecule has 0 radical (unpaired) electrons. The van der Waals surface area contributed by atoms with Crippen molar-refractivity contribution in [2.45, 2.75) is 24.2 Å². The van der Waals surface area contributed by atoms with Crippen molar-refractivity contribution in [3.8, 4) is 5.75 Å². The highest BCUT2D eigenvalue weighted by Crippen LogP contribution is 2.21. The van der Waals surface area contributed by atoms with Crippen molar-refractivity contribution in [3.63, 3.8) is 0 Å². The Morgan fingerprint density at radius 2 is 1.74 bits per heavy atom. The van der Waals surface area contributed by atoms with Gasteiger partial charge in [-0.1, -0.05) is 24.3 Å². The third-order valence-corrected chi connectivity index (χ3v) is 6.59. The molecule has 0 bridgehead atoms. The monoisotopic (exact) mass is 388 g/mol. The third-order valence-electron chi connectivity index (χ3n) is 4.68. The lowest BCUT2D eigenvalue weighted by molar-refractivity contribution is 0.0951. The summed E-state index contributed by atoms with van der Waals surface area (Å²) in [5.41, 5.74) is 1.46. The predicted octanol–water partition coefficient (Wildman–Crippen LogP) is 2.45. The number of benzene rings is 2. The molecule has 0 unspecified atom stereocenters. The Bertz CT molecular complexity index is 888. The van der Waals surface area contributed by atoms with E-state index in [1.165, 1.54) is 11.4 Å². The van der Waals surface area contributed by atoms with Crippen LogP contribution in [0, 0.1) is 0 Å². The molecule has 1 amide bonds. The van der Waals surface area contributed by atoms with E-state index in [0.717, 1.165) is 18.4 Å². The minimum atomic E-state index is -3.38. The summed E-state index contributed by atoms with van der Waals surface area (Å²) < 4.78 is 31.8. The second-order valence-electron chi connectivity index (χ2n) is 6.46. The molecule has 7 heteroatoms. The van der Waals surface area contributed by atoms with Gasteiger partial charge in [0.25, 0.3) is 5.91 Å². The van der Waals surface area contributed by atoms with E-state index < -0.39 is 10.0 Å². The fraction of sp³-hybridized carbons (Fsp3) is 0.350. The van der Waals surface area contributed by atoms with Crippen LogP contribution in [0.1, 0.15) is 28.8 Å². The Morgan fingerprint density at radius 3 is 2.41 bits per heavy atom. The van der Waals surface area contributed by atoms with Crippen molar-refractivity contribution in [3.05, 3.63) is 59.7 Å². The highest BCUT2D eigenvalue weighted by Gasteiger charge is 2.26. The first-order valence-corrected chi connectivity index (χ1v) is 10.5. The van der Waals surface area contributed by atoms with Crippen LogP contribution in [0.25, 0.3) is 0 Å². The van der Waals surface area contributed by atoms with Crippen LogP contribution in [0.3, 0.4) is 0 Å². The van der Waals surface area contributed by atoms with Gasteiger partial charge in [0.05, 0.1) is 17.6 Å². The topological polar surface area (TPSA) is 75.7 Å². The summed E-state index contributed by atoms with van der Waals surface area (Å²) >= 11 is 0. The van der Waals surface area contributed by atoms with Crippen LogP contribution in [-0.4, -0.2) is 45.4 Å². The first-order chi connectivity index (χ1) is 13.0. The number of rotatable bonds is 7. The molecule has 2 aromatic carbocycles. The molecule has 0 aromatic heterocycles. The molecule has 1 N–H and O–H groups in total. The number of sulfonamides is 1. The summed E-state index contributed by atoms with van der Waals surface area (Å²) in [5, 5.41) is 2.87. The standard InChI is InChI=1S/C20H24N2O4S/c1-26-19-7-3-2-6-18(19)20(23)21-13-12-16-8-10-17(11-9-16)27(24,25)22-14-4-5-15-22/h2-3,6-11H,4-5,12-15H2,1H3,(H,21,23). The molecule has 27 heavy (non-hydrogen) atoms. The van der Waals surface area contributed by atoms with Gasteiger partial charge in [-0.3, -0.25) is 4.79 Å². The molecule has 6 nitrogen and oxygen atoms in total. The van der Waals surface area contributed by atoms with Crippen LogP contribution in [-0.2, 0) is 16.4 Å². The van der Waals surface area contributed by atoms with Gasteiger partial charge in [0, 0.05) is 19.6 Å². The average molecular weight is 388 g/mol. The van der Waals surface area contributed by atoms with Crippen LogP contribution in [0.2, 0.25) is 0 Å². The molecule has 1 aliphatic heterocycles. The lowest BCUT2D eigenvalue weighted by Gasteiger charge is -2.15. The van der Waals surface area contributed by atoms with Gasteiger partial charge in [-0.15, -0.1) is 0 Å². The first kappa shape index (κ1) is 19.4. The molecule has 0 atom stereocenters.